The van der Waals surface area contributed by atoms with Crippen LogP contribution >= 0.6 is 12.0 Å². The van der Waals surface area contributed by atoms with Crippen LogP contribution in [0.5, 0.6) is 0 Å². The van der Waals surface area contributed by atoms with Crippen molar-refractivity contribution in [2.75, 3.05) is 12.3 Å². The van der Waals surface area contributed by atoms with E-state index in [9.17, 15) is 22.8 Å². The van der Waals surface area contributed by atoms with E-state index < -0.39 is 23.6 Å². The number of fused-ring (bicyclic) bond motifs is 1. The molecule has 8 nitrogen and oxygen atoms in total. The minimum Gasteiger partial charge on any atom is -0.270 e. The SMILES string of the molecule is O=C(C1CCCc2nn(Cc3ccc(C(F)(F)F)nc3)c(=O)n21)N1CCSO1. The molecule has 0 aliphatic carbocycles. The molecule has 2 aromatic rings. The van der Waals surface area contributed by atoms with Crippen molar-refractivity contribution in [2.45, 2.75) is 38.0 Å². The molecule has 0 bridgehead atoms. The molecule has 150 valence electrons. The van der Waals surface area contributed by atoms with Gasteiger partial charge < -0.3 is 0 Å². The predicted octanol–water partition coefficient (Wildman–Crippen LogP) is 1.81. The number of halogens is 3. The van der Waals surface area contributed by atoms with Crippen molar-refractivity contribution in [3.8, 4) is 0 Å². The van der Waals surface area contributed by atoms with E-state index in [0.717, 1.165) is 16.9 Å². The highest BCUT2D eigenvalue weighted by Crippen LogP contribution is 2.28. The molecular formula is C16H16F3N5O3S. The number of amides is 1. The third-order valence-corrected chi connectivity index (χ3v) is 5.26. The average molecular weight is 415 g/mol. The van der Waals surface area contributed by atoms with Gasteiger partial charge in [-0.05, 0) is 24.5 Å². The minimum absolute atomic E-state index is 0.0268. The van der Waals surface area contributed by atoms with Crippen molar-refractivity contribution in [1.29, 1.82) is 0 Å². The fourth-order valence-electron chi connectivity index (χ4n) is 3.30. The smallest absolute Gasteiger partial charge is 0.270 e. The zero-order valence-corrected chi connectivity index (χ0v) is 15.4. The summed E-state index contributed by atoms with van der Waals surface area (Å²) in [5, 5.41) is 5.53. The van der Waals surface area contributed by atoms with Crippen molar-refractivity contribution in [3.63, 3.8) is 0 Å². The van der Waals surface area contributed by atoms with Gasteiger partial charge >= 0.3 is 11.9 Å². The van der Waals surface area contributed by atoms with Crippen LogP contribution < -0.4 is 5.69 Å². The molecule has 1 amide bonds. The number of hydrogen-bond donors (Lipinski definition) is 0. The Hall–Kier alpha value is -2.34. The van der Waals surface area contributed by atoms with Crippen molar-refractivity contribution >= 4 is 17.9 Å². The zero-order valence-electron chi connectivity index (χ0n) is 14.6. The topological polar surface area (TPSA) is 82.2 Å². The number of pyridine rings is 1. The van der Waals surface area contributed by atoms with E-state index in [4.69, 9.17) is 4.28 Å². The van der Waals surface area contributed by atoms with Gasteiger partial charge in [0.05, 0.1) is 13.1 Å². The lowest BCUT2D eigenvalue weighted by molar-refractivity contribution is -0.155. The standard InChI is InChI=1S/C16H16F3N5O3S/c17-16(18,19)12-5-4-10(8-20-12)9-22-15(26)24-11(2-1-3-13(24)21-22)14(25)23-6-7-28-27-23/h4-5,8,11H,1-3,6-7,9H2. The van der Waals surface area contributed by atoms with Crippen LogP contribution in [0.4, 0.5) is 13.2 Å². The third kappa shape index (κ3) is 3.53. The second-order valence-electron chi connectivity index (χ2n) is 6.52. The Kier molecular flexibility index (Phi) is 4.91. The molecule has 1 saturated heterocycles. The summed E-state index contributed by atoms with van der Waals surface area (Å²) in [7, 11) is 0. The summed E-state index contributed by atoms with van der Waals surface area (Å²) in [6.07, 6.45) is -1.69. The first-order chi connectivity index (χ1) is 13.3. The number of hydroxylamine groups is 2. The summed E-state index contributed by atoms with van der Waals surface area (Å²) < 4.78 is 45.6. The Morgan fingerprint density at radius 3 is 2.82 bits per heavy atom. The molecule has 2 aromatic heterocycles. The van der Waals surface area contributed by atoms with Gasteiger partial charge in [-0.25, -0.2) is 14.5 Å². The van der Waals surface area contributed by atoms with Gasteiger partial charge in [-0.15, -0.1) is 0 Å². The van der Waals surface area contributed by atoms with E-state index in [1.54, 1.807) is 0 Å². The first-order valence-corrected chi connectivity index (χ1v) is 9.57. The molecule has 1 fully saturated rings. The fourth-order valence-corrected chi connectivity index (χ4v) is 3.89. The molecule has 2 aliphatic rings. The summed E-state index contributed by atoms with van der Waals surface area (Å²) in [5.41, 5.74) is -1.06. The van der Waals surface area contributed by atoms with Crippen molar-refractivity contribution in [3.05, 3.63) is 45.9 Å². The molecule has 4 heterocycles. The van der Waals surface area contributed by atoms with Crippen LogP contribution in [0, 0.1) is 0 Å². The quantitative estimate of drug-likeness (QED) is 0.712. The van der Waals surface area contributed by atoms with Gasteiger partial charge in [0.25, 0.3) is 5.91 Å². The maximum absolute atomic E-state index is 12.8. The molecule has 1 unspecified atom stereocenters. The highest BCUT2D eigenvalue weighted by atomic mass is 32.2. The Morgan fingerprint density at radius 2 is 2.18 bits per heavy atom. The molecule has 0 aromatic carbocycles. The summed E-state index contributed by atoms with van der Waals surface area (Å²) in [6.45, 7) is 0.427. The van der Waals surface area contributed by atoms with Crippen molar-refractivity contribution < 1.29 is 22.2 Å². The van der Waals surface area contributed by atoms with Gasteiger partial charge in [0.1, 0.15) is 17.6 Å². The number of carbonyl (C=O) groups is 1. The van der Waals surface area contributed by atoms with E-state index >= 15 is 0 Å². The van der Waals surface area contributed by atoms with Gasteiger partial charge in [-0.2, -0.15) is 22.6 Å². The van der Waals surface area contributed by atoms with Gasteiger partial charge in [-0.3, -0.25) is 14.3 Å². The number of alkyl halides is 3. The van der Waals surface area contributed by atoms with Crippen LogP contribution in [-0.4, -0.2) is 42.6 Å². The normalized spacial score (nSPS) is 19.7. The Balaban J connectivity index is 1.59. The minimum atomic E-state index is -4.52. The predicted molar refractivity (Wildman–Crippen MR) is 92.1 cm³/mol. The first-order valence-electron chi connectivity index (χ1n) is 8.66. The monoisotopic (exact) mass is 415 g/mol. The summed E-state index contributed by atoms with van der Waals surface area (Å²) in [6, 6.07) is 1.44. The van der Waals surface area contributed by atoms with Gasteiger partial charge in [-0.1, -0.05) is 6.07 Å². The molecule has 0 N–H and O–H groups in total. The largest absolute Gasteiger partial charge is 0.433 e. The number of aromatic nitrogens is 4. The number of carbonyl (C=O) groups excluding carboxylic acids is 1. The highest BCUT2D eigenvalue weighted by Gasteiger charge is 2.35. The number of rotatable bonds is 3. The number of nitrogens with zero attached hydrogens (tertiary/aromatic N) is 5. The van der Waals surface area contributed by atoms with Gasteiger partial charge in [0.2, 0.25) is 0 Å². The van der Waals surface area contributed by atoms with Crippen LogP contribution in [0.15, 0.2) is 23.1 Å². The molecule has 12 heteroatoms. The van der Waals surface area contributed by atoms with Crippen LogP contribution in [-0.2, 0) is 28.2 Å². The fraction of sp³-hybridized carbons (Fsp3) is 0.500. The van der Waals surface area contributed by atoms with Gasteiger partial charge in [0.15, 0.2) is 0 Å². The lowest BCUT2D eigenvalue weighted by Crippen LogP contribution is -2.41. The first kappa shape index (κ1) is 19.0. The van der Waals surface area contributed by atoms with Crippen molar-refractivity contribution in [2.24, 2.45) is 0 Å². The zero-order chi connectivity index (χ0) is 19.9. The lowest BCUT2D eigenvalue weighted by atomic mass is 10.0. The summed E-state index contributed by atoms with van der Waals surface area (Å²) in [4.78, 5) is 28.9. The third-order valence-electron chi connectivity index (χ3n) is 4.63. The van der Waals surface area contributed by atoms with Crippen LogP contribution in [0.1, 0.15) is 36.0 Å². The molecular weight excluding hydrogens is 399 g/mol. The number of aryl methyl sites for hydroxylation is 1. The van der Waals surface area contributed by atoms with Crippen LogP contribution in [0.3, 0.4) is 0 Å². The lowest BCUT2D eigenvalue weighted by Gasteiger charge is -2.25. The second-order valence-corrected chi connectivity index (χ2v) is 7.31. The van der Waals surface area contributed by atoms with Crippen LogP contribution in [0.25, 0.3) is 0 Å². The van der Waals surface area contributed by atoms with E-state index in [0.29, 0.717) is 42.9 Å². The molecule has 4 rings (SSSR count). The number of hydrogen-bond acceptors (Lipinski definition) is 6. The molecule has 0 spiro atoms. The molecule has 0 saturated carbocycles. The molecule has 28 heavy (non-hydrogen) atoms. The van der Waals surface area contributed by atoms with Crippen molar-refractivity contribution in [1.82, 2.24) is 24.4 Å². The Labute approximate surface area is 161 Å². The van der Waals surface area contributed by atoms with E-state index in [1.807, 2.05) is 0 Å². The second kappa shape index (κ2) is 7.24. The highest BCUT2D eigenvalue weighted by molar-refractivity contribution is 7.94. The Bertz CT molecular complexity index is 934. The molecule has 0 radical (unpaired) electrons. The maximum Gasteiger partial charge on any atom is 0.433 e. The van der Waals surface area contributed by atoms with Crippen LogP contribution in [0.2, 0.25) is 0 Å². The van der Waals surface area contributed by atoms with Gasteiger partial charge in [0, 0.05) is 30.4 Å². The molecule has 1 atom stereocenters. The average Bonchev–Trinajstić information content (AvgIpc) is 3.30. The Morgan fingerprint density at radius 1 is 1.36 bits per heavy atom. The summed E-state index contributed by atoms with van der Waals surface area (Å²) in [5.74, 6) is 0.866. The maximum atomic E-state index is 12.8. The van der Waals surface area contributed by atoms with E-state index in [1.165, 1.54) is 27.7 Å². The summed E-state index contributed by atoms with van der Waals surface area (Å²) >= 11 is 1.18. The van der Waals surface area contributed by atoms with E-state index in [-0.39, 0.29) is 12.5 Å². The molecule has 2 aliphatic heterocycles. The van der Waals surface area contributed by atoms with E-state index in [2.05, 4.69) is 10.1 Å².